The summed E-state index contributed by atoms with van der Waals surface area (Å²) in [6.45, 7) is 5.08. The Hall–Kier alpha value is -0.560. The van der Waals surface area contributed by atoms with Gasteiger partial charge < -0.3 is 10.2 Å². The molecular weight excluding hydrogens is 166 g/mol. The van der Waals surface area contributed by atoms with Gasteiger partial charge in [0.15, 0.2) is 0 Å². The number of hydrogen-bond donors (Lipinski definition) is 2. The van der Waals surface area contributed by atoms with Gasteiger partial charge in [-0.3, -0.25) is 4.90 Å². The molecular formula is C10H17NO2. The van der Waals surface area contributed by atoms with E-state index in [1.165, 1.54) is 0 Å². The first-order valence-electron chi connectivity index (χ1n) is 4.56. The average Bonchev–Trinajstić information content (AvgIpc) is 2.39. The van der Waals surface area contributed by atoms with E-state index in [4.69, 9.17) is 0 Å². The molecule has 0 aliphatic carbocycles. The standard InChI is InChI=1S/C10H17NO2/c1-3-4-5-11-7-9(13)6-10(11,2)8-12/h9,12-13H,5-8H2,1-2H3. The second-order valence-corrected chi connectivity index (χ2v) is 3.82. The van der Waals surface area contributed by atoms with Crippen molar-refractivity contribution < 1.29 is 10.2 Å². The molecule has 3 nitrogen and oxygen atoms in total. The maximum absolute atomic E-state index is 9.46. The van der Waals surface area contributed by atoms with Gasteiger partial charge >= 0.3 is 0 Å². The molecule has 1 heterocycles. The molecule has 2 unspecified atom stereocenters. The van der Waals surface area contributed by atoms with Crippen LogP contribution in [0.1, 0.15) is 20.3 Å². The van der Waals surface area contributed by atoms with Gasteiger partial charge in [0.2, 0.25) is 0 Å². The fourth-order valence-corrected chi connectivity index (χ4v) is 1.77. The van der Waals surface area contributed by atoms with E-state index in [1.807, 2.05) is 11.8 Å². The fraction of sp³-hybridized carbons (Fsp3) is 0.800. The zero-order valence-electron chi connectivity index (χ0n) is 8.25. The minimum atomic E-state index is -0.323. The molecule has 0 bridgehead atoms. The highest BCUT2D eigenvalue weighted by Gasteiger charge is 2.40. The molecule has 1 saturated heterocycles. The van der Waals surface area contributed by atoms with Crippen molar-refractivity contribution in [1.82, 2.24) is 4.90 Å². The van der Waals surface area contributed by atoms with Gasteiger partial charge in [0.25, 0.3) is 0 Å². The van der Waals surface area contributed by atoms with Gasteiger partial charge in [-0.25, -0.2) is 0 Å². The number of aliphatic hydroxyl groups excluding tert-OH is 2. The zero-order valence-corrected chi connectivity index (χ0v) is 8.25. The number of aliphatic hydroxyl groups is 2. The van der Waals surface area contributed by atoms with E-state index < -0.39 is 0 Å². The van der Waals surface area contributed by atoms with Crippen LogP contribution in [0.25, 0.3) is 0 Å². The predicted molar refractivity (Wildman–Crippen MR) is 51.1 cm³/mol. The normalized spacial score (nSPS) is 34.3. The Labute approximate surface area is 79.4 Å². The van der Waals surface area contributed by atoms with Crippen molar-refractivity contribution >= 4 is 0 Å². The summed E-state index contributed by atoms with van der Waals surface area (Å²) in [5.74, 6) is 5.77. The van der Waals surface area contributed by atoms with Crippen LogP contribution in [0.4, 0.5) is 0 Å². The lowest BCUT2D eigenvalue weighted by Crippen LogP contribution is -2.44. The van der Waals surface area contributed by atoms with Crippen molar-refractivity contribution in [2.75, 3.05) is 19.7 Å². The molecule has 0 aromatic rings. The van der Waals surface area contributed by atoms with Gasteiger partial charge in [-0.15, -0.1) is 5.92 Å². The third-order valence-electron chi connectivity index (χ3n) is 2.66. The van der Waals surface area contributed by atoms with E-state index in [9.17, 15) is 10.2 Å². The van der Waals surface area contributed by atoms with Crippen molar-refractivity contribution in [2.45, 2.75) is 31.9 Å². The summed E-state index contributed by atoms with van der Waals surface area (Å²) in [5.41, 5.74) is -0.288. The molecule has 3 heteroatoms. The second kappa shape index (κ2) is 4.10. The Balaban J connectivity index is 2.64. The molecule has 1 rings (SSSR count). The van der Waals surface area contributed by atoms with Crippen molar-refractivity contribution in [2.24, 2.45) is 0 Å². The Morgan fingerprint density at radius 3 is 2.85 bits per heavy atom. The summed E-state index contributed by atoms with van der Waals surface area (Å²) >= 11 is 0. The van der Waals surface area contributed by atoms with Gasteiger partial charge in [0.1, 0.15) is 0 Å². The van der Waals surface area contributed by atoms with Gasteiger partial charge in [0.05, 0.1) is 19.3 Å². The second-order valence-electron chi connectivity index (χ2n) is 3.82. The van der Waals surface area contributed by atoms with Crippen LogP contribution in [-0.4, -0.2) is 46.5 Å². The van der Waals surface area contributed by atoms with Crippen LogP contribution in [-0.2, 0) is 0 Å². The SMILES string of the molecule is CC#CCN1CC(O)CC1(C)CO. The van der Waals surface area contributed by atoms with E-state index in [-0.39, 0.29) is 18.2 Å². The van der Waals surface area contributed by atoms with E-state index in [0.717, 1.165) is 0 Å². The highest BCUT2D eigenvalue weighted by molar-refractivity contribution is 5.04. The molecule has 13 heavy (non-hydrogen) atoms. The maximum atomic E-state index is 9.46. The molecule has 2 N–H and O–H groups in total. The highest BCUT2D eigenvalue weighted by atomic mass is 16.3. The summed E-state index contributed by atoms with van der Waals surface area (Å²) in [6.07, 6.45) is 0.310. The molecule has 0 saturated carbocycles. The molecule has 0 radical (unpaired) electrons. The quantitative estimate of drug-likeness (QED) is 0.584. The Morgan fingerprint density at radius 1 is 1.62 bits per heavy atom. The Bertz CT molecular complexity index is 231. The zero-order chi connectivity index (χ0) is 9.90. The van der Waals surface area contributed by atoms with Crippen LogP contribution < -0.4 is 0 Å². The van der Waals surface area contributed by atoms with Crippen LogP contribution in [0.5, 0.6) is 0 Å². The highest BCUT2D eigenvalue weighted by Crippen LogP contribution is 2.27. The summed E-state index contributed by atoms with van der Waals surface area (Å²) in [5, 5.41) is 18.7. The van der Waals surface area contributed by atoms with Crippen LogP contribution in [0.15, 0.2) is 0 Å². The number of β-amino-alcohol motifs (C(OH)–C–C–N with tert-alkyl or cyclic N) is 1. The molecule has 0 aromatic carbocycles. The number of nitrogens with zero attached hydrogens (tertiary/aromatic N) is 1. The third-order valence-corrected chi connectivity index (χ3v) is 2.66. The third kappa shape index (κ3) is 2.22. The smallest absolute Gasteiger partial charge is 0.0686 e. The number of rotatable bonds is 2. The predicted octanol–water partition coefficient (Wildman–Crippen LogP) is -0.173. The van der Waals surface area contributed by atoms with Gasteiger partial charge in [0, 0.05) is 12.1 Å². The minimum absolute atomic E-state index is 0.0788. The first-order valence-corrected chi connectivity index (χ1v) is 4.56. The Morgan fingerprint density at radius 2 is 2.31 bits per heavy atom. The summed E-state index contributed by atoms with van der Waals surface area (Å²) in [7, 11) is 0. The van der Waals surface area contributed by atoms with Crippen molar-refractivity contribution in [1.29, 1.82) is 0 Å². The van der Waals surface area contributed by atoms with E-state index in [1.54, 1.807) is 6.92 Å². The Kier molecular flexibility index (Phi) is 3.32. The molecule has 1 fully saturated rings. The summed E-state index contributed by atoms with van der Waals surface area (Å²) < 4.78 is 0. The molecule has 2 atom stereocenters. The monoisotopic (exact) mass is 183 g/mol. The average molecular weight is 183 g/mol. The molecule has 1 aliphatic rings. The first-order chi connectivity index (χ1) is 6.12. The number of hydrogen-bond acceptors (Lipinski definition) is 3. The molecule has 74 valence electrons. The lowest BCUT2D eigenvalue weighted by molar-refractivity contribution is 0.0899. The maximum Gasteiger partial charge on any atom is 0.0686 e. The fourth-order valence-electron chi connectivity index (χ4n) is 1.77. The molecule has 0 amide bonds. The molecule has 1 aliphatic heterocycles. The number of likely N-dealkylation sites (tertiary alicyclic amines) is 1. The summed E-state index contributed by atoms with van der Waals surface area (Å²) in [4.78, 5) is 2.04. The van der Waals surface area contributed by atoms with E-state index in [2.05, 4.69) is 11.8 Å². The summed E-state index contributed by atoms with van der Waals surface area (Å²) in [6, 6.07) is 0. The molecule has 0 spiro atoms. The lowest BCUT2D eigenvalue weighted by atomic mass is 9.99. The minimum Gasteiger partial charge on any atom is -0.394 e. The lowest BCUT2D eigenvalue weighted by Gasteiger charge is -2.31. The van der Waals surface area contributed by atoms with Gasteiger partial charge in [-0.05, 0) is 20.3 Å². The van der Waals surface area contributed by atoms with Gasteiger partial charge in [-0.2, -0.15) is 0 Å². The topological polar surface area (TPSA) is 43.7 Å². The van der Waals surface area contributed by atoms with E-state index in [0.29, 0.717) is 19.5 Å². The van der Waals surface area contributed by atoms with Crippen LogP contribution >= 0.6 is 0 Å². The van der Waals surface area contributed by atoms with Gasteiger partial charge in [-0.1, -0.05) is 5.92 Å². The first kappa shape index (κ1) is 10.5. The largest absolute Gasteiger partial charge is 0.394 e. The van der Waals surface area contributed by atoms with Crippen LogP contribution in [0.2, 0.25) is 0 Å². The van der Waals surface area contributed by atoms with Crippen molar-refractivity contribution in [3.63, 3.8) is 0 Å². The van der Waals surface area contributed by atoms with E-state index >= 15 is 0 Å². The van der Waals surface area contributed by atoms with Crippen LogP contribution in [0.3, 0.4) is 0 Å². The van der Waals surface area contributed by atoms with Crippen molar-refractivity contribution in [3.05, 3.63) is 0 Å². The van der Waals surface area contributed by atoms with Crippen molar-refractivity contribution in [3.8, 4) is 11.8 Å². The molecule has 0 aromatic heterocycles. The van der Waals surface area contributed by atoms with Crippen LogP contribution in [0, 0.1) is 11.8 Å².